The number of likely N-dealkylation sites (N-methyl/N-ethyl adjacent to an activating group) is 1. The minimum absolute atomic E-state index is 0.0383. The van der Waals surface area contributed by atoms with Crippen molar-refractivity contribution < 1.29 is 4.79 Å². The molecule has 1 aliphatic rings. The first kappa shape index (κ1) is 16.6. The number of nitrogens with one attached hydrogen (secondary N) is 1. The van der Waals surface area contributed by atoms with Gasteiger partial charge in [-0.05, 0) is 24.2 Å². The predicted molar refractivity (Wildman–Crippen MR) is 94.3 cm³/mol. The van der Waals surface area contributed by atoms with Crippen molar-refractivity contribution in [2.75, 3.05) is 33.2 Å². The Morgan fingerprint density at radius 2 is 1.88 bits per heavy atom. The lowest BCUT2D eigenvalue weighted by molar-refractivity contribution is -0.127. The van der Waals surface area contributed by atoms with Crippen molar-refractivity contribution in [1.29, 1.82) is 0 Å². The number of carbonyl (C=O) groups excluding carboxylic acids is 1. The van der Waals surface area contributed by atoms with E-state index in [0.717, 1.165) is 37.3 Å². The summed E-state index contributed by atoms with van der Waals surface area (Å²) in [6.07, 6.45) is 3.54. The molecule has 1 aromatic carbocycles. The number of benzene rings is 1. The highest BCUT2D eigenvalue weighted by atomic mass is 16.2. The highest BCUT2D eigenvalue weighted by Crippen LogP contribution is 2.22. The average molecular weight is 324 g/mol. The average Bonchev–Trinajstić information content (AvgIpc) is 2.64. The second-order valence-corrected chi connectivity index (χ2v) is 6.23. The summed E-state index contributed by atoms with van der Waals surface area (Å²) in [6, 6.07) is 13.6. The van der Waals surface area contributed by atoms with Crippen LogP contribution in [0.5, 0.6) is 0 Å². The Morgan fingerprint density at radius 3 is 2.54 bits per heavy atom. The molecular weight excluding hydrogens is 300 g/mol. The summed E-state index contributed by atoms with van der Waals surface area (Å²) < 4.78 is 0. The van der Waals surface area contributed by atoms with Gasteiger partial charge in [-0.2, -0.15) is 0 Å². The number of pyridine rings is 1. The number of amides is 1. The van der Waals surface area contributed by atoms with Gasteiger partial charge in [0.05, 0.1) is 0 Å². The topological polar surface area (TPSA) is 48.5 Å². The van der Waals surface area contributed by atoms with Crippen LogP contribution in [0.3, 0.4) is 0 Å². The van der Waals surface area contributed by atoms with Crippen molar-refractivity contribution in [3.8, 4) is 0 Å². The highest BCUT2D eigenvalue weighted by Gasteiger charge is 2.29. The molecule has 0 spiro atoms. The van der Waals surface area contributed by atoms with Gasteiger partial charge in [-0.25, -0.2) is 0 Å². The molecule has 0 saturated carbocycles. The van der Waals surface area contributed by atoms with Crippen LogP contribution in [-0.2, 0) is 11.3 Å². The normalized spacial score (nSPS) is 17.4. The summed E-state index contributed by atoms with van der Waals surface area (Å²) in [5, 5.41) is 3.08. The zero-order valence-corrected chi connectivity index (χ0v) is 14.1. The Kier molecular flexibility index (Phi) is 5.56. The van der Waals surface area contributed by atoms with E-state index in [2.05, 4.69) is 27.1 Å². The molecule has 24 heavy (non-hydrogen) atoms. The van der Waals surface area contributed by atoms with Crippen LogP contribution in [0, 0.1) is 0 Å². The Labute approximate surface area is 143 Å². The summed E-state index contributed by atoms with van der Waals surface area (Å²) in [7, 11) is 2.12. The number of carbonyl (C=O) groups is 1. The maximum Gasteiger partial charge on any atom is 0.242 e. The zero-order valence-electron chi connectivity index (χ0n) is 14.1. The van der Waals surface area contributed by atoms with Gasteiger partial charge < -0.3 is 10.2 Å². The van der Waals surface area contributed by atoms with E-state index in [-0.39, 0.29) is 11.9 Å². The van der Waals surface area contributed by atoms with E-state index in [4.69, 9.17) is 0 Å². The molecule has 1 aliphatic heterocycles. The summed E-state index contributed by atoms with van der Waals surface area (Å²) in [5.74, 6) is 0.0383. The van der Waals surface area contributed by atoms with Crippen molar-refractivity contribution in [2.24, 2.45) is 0 Å². The lowest BCUT2D eigenvalue weighted by Gasteiger charge is -2.37. The fraction of sp³-hybridized carbons (Fsp3) is 0.368. The standard InChI is InChI=1S/C19H24N4O/c1-22-10-12-23(13-11-22)18(17-8-5-9-20-15-17)19(24)21-14-16-6-3-2-4-7-16/h2-9,15,18H,10-14H2,1H3,(H,21,24). The molecule has 1 atom stereocenters. The van der Waals surface area contributed by atoms with Gasteiger partial charge in [0.15, 0.2) is 0 Å². The van der Waals surface area contributed by atoms with Crippen LogP contribution in [0.1, 0.15) is 17.2 Å². The molecule has 1 unspecified atom stereocenters. The van der Waals surface area contributed by atoms with Crippen molar-refractivity contribution in [3.63, 3.8) is 0 Å². The number of aromatic nitrogens is 1. The van der Waals surface area contributed by atoms with Gasteiger partial charge in [0, 0.05) is 45.1 Å². The fourth-order valence-electron chi connectivity index (χ4n) is 3.03. The molecule has 5 heteroatoms. The highest BCUT2D eigenvalue weighted by molar-refractivity contribution is 5.83. The summed E-state index contributed by atoms with van der Waals surface area (Å²) in [6.45, 7) is 4.26. The first-order valence-electron chi connectivity index (χ1n) is 8.38. The largest absolute Gasteiger partial charge is 0.350 e. The van der Waals surface area contributed by atoms with Crippen molar-refractivity contribution in [1.82, 2.24) is 20.1 Å². The second kappa shape index (κ2) is 8.04. The van der Waals surface area contributed by atoms with E-state index < -0.39 is 0 Å². The van der Waals surface area contributed by atoms with Gasteiger partial charge in [0.25, 0.3) is 0 Å². The Morgan fingerprint density at radius 1 is 1.12 bits per heavy atom. The molecule has 0 radical (unpaired) electrons. The molecular formula is C19H24N4O. The molecule has 2 aromatic rings. The molecule has 126 valence electrons. The van der Waals surface area contributed by atoms with Crippen LogP contribution in [0.15, 0.2) is 54.9 Å². The van der Waals surface area contributed by atoms with Crippen LogP contribution in [-0.4, -0.2) is 53.9 Å². The quantitative estimate of drug-likeness (QED) is 0.909. The first-order chi connectivity index (χ1) is 11.7. The first-order valence-corrected chi connectivity index (χ1v) is 8.38. The summed E-state index contributed by atoms with van der Waals surface area (Å²) in [4.78, 5) is 21.6. The third-order valence-electron chi connectivity index (χ3n) is 4.46. The van der Waals surface area contributed by atoms with E-state index in [1.165, 1.54) is 0 Å². The van der Waals surface area contributed by atoms with E-state index >= 15 is 0 Å². The third kappa shape index (κ3) is 4.19. The summed E-state index contributed by atoms with van der Waals surface area (Å²) >= 11 is 0. The lowest BCUT2D eigenvalue weighted by Crippen LogP contribution is -2.49. The second-order valence-electron chi connectivity index (χ2n) is 6.23. The fourth-order valence-corrected chi connectivity index (χ4v) is 3.03. The van der Waals surface area contributed by atoms with Crippen molar-refractivity contribution in [2.45, 2.75) is 12.6 Å². The van der Waals surface area contributed by atoms with Gasteiger partial charge in [-0.3, -0.25) is 14.7 Å². The Hall–Kier alpha value is -2.24. The molecule has 0 bridgehead atoms. The maximum atomic E-state index is 12.9. The van der Waals surface area contributed by atoms with Gasteiger partial charge in [0.1, 0.15) is 6.04 Å². The smallest absolute Gasteiger partial charge is 0.242 e. The predicted octanol–water partition coefficient (Wildman–Crippen LogP) is 1.69. The zero-order chi connectivity index (χ0) is 16.8. The van der Waals surface area contributed by atoms with Crippen LogP contribution in [0.2, 0.25) is 0 Å². The Balaban J connectivity index is 1.72. The SMILES string of the molecule is CN1CCN(C(C(=O)NCc2ccccc2)c2cccnc2)CC1. The van der Waals surface area contributed by atoms with Crippen LogP contribution < -0.4 is 5.32 Å². The minimum Gasteiger partial charge on any atom is -0.350 e. The van der Waals surface area contributed by atoms with Crippen LogP contribution in [0.25, 0.3) is 0 Å². The molecule has 5 nitrogen and oxygen atoms in total. The molecule has 1 N–H and O–H groups in total. The van der Waals surface area contributed by atoms with Crippen molar-refractivity contribution >= 4 is 5.91 Å². The van der Waals surface area contributed by atoms with E-state index in [0.29, 0.717) is 6.54 Å². The number of hydrogen-bond donors (Lipinski definition) is 1. The molecule has 1 saturated heterocycles. The minimum atomic E-state index is -0.281. The monoisotopic (exact) mass is 324 g/mol. The molecule has 1 fully saturated rings. The molecule has 2 heterocycles. The van der Waals surface area contributed by atoms with Gasteiger partial charge in [-0.1, -0.05) is 36.4 Å². The Bertz CT molecular complexity index is 639. The number of piperazine rings is 1. The van der Waals surface area contributed by atoms with E-state index in [1.807, 2.05) is 42.5 Å². The van der Waals surface area contributed by atoms with Crippen LogP contribution >= 0.6 is 0 Å². The van der Waals surface area contributed by atoms with Gasteiger partial charge in [0.2, 0.25) is 5.91 Å². The number of rotatable bonds is 5. The molecule has 1 aromatic heterocycles. The molecule has 0 aliphatic carbocycles. The third-order valence-corrected chi connectivity index (χ3v) is 4.46. The molecule has 3 rings (SSSR count). The summed E-state index contributed by atoms with van der Waals surface area (Å²) in [5.41, 5.74) is 2.06. The van der Waals surface area contributed by atoms with Crippen molar-refractivity contribution in [3.05, 3.63) is 66.0 Å². The van der Waals surface area contributed by atoms with Gasteiger partial charge >= 0.3 is 0 Å². The number of nitrogens with zero attached hydrogens (tertiary/aromatic N) is 3. The van der Waals surface area contributed by atoms with E-state index in [1.54, 1.807) is 12.4 Å². The maximum absolute atomic E-state index is 12.9. The number of hydrogen-bond acceptors (Lipinski definition) is 4. The van der Waals surface area contributed by atoms with Crippen LogP contribution in [0.4, 0.5) is 0 Å². The van der Waals surface area contributed by atoms with E-state index in [9.17, 15) is 4.79 Å². The van der Waals surface area contributed by atoms with Gasteiger partial charge in [-0.15, -0.1) is 0 Å². The lowest BCUT2D eigenvalue weighted by atomic mass is 10.1. The molecule has 1 amide bonds.